The number of Topliss-reactive ketones (excluding diaryl/α,β-unsaturated/α-hetero) is 1. The van der Waals surface area contributed by atoms with E-state index < -0.39 is 0 Å². The van der Waals surface area contributed by atoms with Crippen molar-refractivity contribution in [3.05, 3.63) is 21.9 Å². The first-order valence-corrected chi connectivity index (χ1v) is 8.17. The van der Waals surface area contributed by atoms with Crippen LogP contribution in [0.4, 0.5) is 0 Å². The van der Waals surface area contributed by atoms with Crippen LogP contribution in [0.15, 0.2) is 12.1 Å². The molecule has 0 aliphatic rings. The normalized spacial score (nSPS) is 12.9. The minimum Gasteiger partial charge on any atom is -0.330 e. The first-order chi connectivity index (χ1) is 9.06. The molecular formula is C16H27NOS. The molecular weight excluding hydrogens is 254 g/mol. The highest BCUT2D eigenvalue weighted by atomic mass is 32.1. The van der Waals surface area contributed by atoms with Gasteiger partial charge < -0.3 is 5.73 Å². The maximum absolute atomic E-state index is 12.0. The number of carbonyl (C=O) groups excluding carboxylic acids is 1. The van der Waals surface area contributed by atoms with Crippen molar-refractivity contribution in [2.45, 2.75) is 52.9 Å². The molecule has 0 saturated heterocycles. The molecule has 2 N–H and O–H groups in total. The van der Waals surface area contributed by atoms with Crippen LogP contribution in [0.5, 0.6) is 0 Å². The Labute approximate surface area is 121 Å². The molecule has 0 amide bonds. The standard InChI is InChI=1S/C16H27NOS/c1-4-15-7-8-16(19-15)11-14(18)6-5-13(9-10-17)12(2)3/h7-8,12-13H,4-6,9-11,17H2,1-3H3. The summed E-state index contributed by atoms with van der Waals surface area (Å²) < 4.78 is 0. The fourth-order valence-electron chi connectivity index (χ4n) is 2.36. The van der Waals surface area contributed by atoms with Crippen LogP contribution in [0.2, 0.25) is 0 Å². The van der Waals surface area contributed by atoms with Gasteiger partial charge in [-0.25, -0.2) is 0 Å². The van der Waals surface area contributed by atoms with E-state index in [2.05, 4.69) is 32.9 Å². The third kappa shape index (κ3) is 5.87. The molecule has 19 heavy (non-hydrogen) atoms. The summed E-state index contributed by atoms with van der Waals surface area (Å²) in [5.41, 5.74) is 5.63. The first-order valence-electron chi connectivity index (χ1n) is 7.36. The molecule has 1 heterocycles. The zero-order chi connectivity index (χ0) is 14.3. The van der Waals surface area contributed by atoms with Gasteiger partial charge in [-0.15, -0.1) is 11.3 Å². The van der Waals surface area contributed by atoms with Crippen molar-refractivity contribution in [2.75, 3.05) is 6.54 Å². The summed E-state index contributed by atoms with van der Waals surface area (Å²) in [5, 5.41) is 0. The van der Waals surface area contributed by atoms with Gasteiger partial charge in [-0.2, -0.15) is 0 Å². The molecule has 1 unspecified atom stereocenters. The van der Waals surface area contributed by atoms with Gasteiger partial charge in [-0.05, 0) is 49.8 Å². The van der Waals surface area contributed by atoms with Gasteiger partial charge in [0, 0.05) is 22.6 Å². The predicted molar refractivity (Wildman–Crippen MR) is 83.6 cm³/mol. The van der Waals surface area contributed by atoms with Crippen LogP contribution in [-0.4, -0.2) is 12.3 Å². The van der Waals surface area contributed by atoms with Gasteiger partial charge in [0.25, 0.3) is 0 Å². The lowest BCUT2D eigenvalue weighted by molar-refractivity contribution is -0.118. The van der Waals surface area contributed by atoms with Crippen molar-refractivity contribution in [3.8, 4) is 0 Å². The number of aryl methyl sites for hydroxylation is 1. The third-order valence-corrected chi connectivity index (χ3v) is 4.94. The van der Waals surface area contributed by atoms with E-state index in [1.807, 2.05) is 0 Å². The SMILES string of the molecule is CCc1ccc(CC(=O)CCC(CCN)C(C)C)s1. The lowest BCUT2D eigenvalue weighted by atomic mass is 9.87. The maximum atomic E-state index is 12.0. The Morgan fingerprint density at radius 3 is 2.47 bits per heavy atom. The summed E-state index contributed by atoms with van der Waals surface area (Å²) in [4.78, 5) is 14.6. The molecule has 0 radical (unpaired) electrons. The molecule has 108 valence electrons. The minimum absolute atomic E-state index is 0.368. The van der Waals surface area contributed by atoms with Crippen LogP contribution in [0.1, 0.15) is 49.8 Å². The van der Waals surface area contributed by atoms with E-state index >= 15 is 0 Å². The highest BCUT2D eigenvalue weighted by Gasteiger charge is 2.15. The smallest absolute Gasteiger partial charge is 0.138 e. The fraction of sp³-hybridized carbons (Fsp3) is 0.688. The zero-order valence-corrected chi connectivity index (χ0v) is 13.3. The quantitative estimate of drug-likeness (QED) is 0.747. The Balaban J connectivity index is 2.38. The van der Waals surface area contributed by atoms with Crippen molar-refractivity contribution >= 4 is 17.1 Å². The molecule has 1 aromatic heterocycles. The summed E-state index contributed by atoms with van der Waals surface area (Å²) in [6.07, 6.45) is 4.38. The largest absolute Gasteiger partial charge is 0.330 e. The van der Waals surface area contributed by atoms with E-state index in [-0.39, 0.29) is 0 Å². The van der Waals surface area contributed by atoms with Gasteiger partial charge in [0.05, 0.1) is 0 Å². The lowest BCUT2D eigenvalue weighted by Gasteiger charge is -2.19. The molecule has 1 rings (SSSR count). The number of carbonyl (C=O) groups is 1. The van der Waals surface area contributed by atoms with Crippen molar-refractivity contribution < 1.29 is 4.79 Å². The molecule has 0 fully saturated rings. The van der Waals surface area contributed by atoms with Gasteiger partial charge in [0.2, 0.25) is 0 Å². The molecule has 0 saturated carbocycles. The Morgan fingerprint density at radius 2 is 1.95 bits per heavy atom. The second-order valence-corrected chi connectivity index (χ2v) is 6.81. The molecule has 2 nitrogen and oxygen atoms in total. The predicted octanol–water partition coefficient (Wildman–Crippen LogP) is 3.82. The summed E-state index contributed by atoms with van der Waals surface area (Å²) >= 11 is 1.77. The molecule has 0 bridgehead atoms. The van der Waals surface area contributed by atoms with Gasteiger partial charge in [0.1, 0.15) is 5.78 Å². The van der Waals surface area contributed by atoms with Crippen LogP contribution < -0.4 is 5.73 Å². The van der Waals surface area contributed by atoms with Gasteiger partial charge in [-0.1, -0.05) is 20.8 Å². The van der Waals surface area contributed by atoms with Crippen molar-refractivity contribution in [2.24, 2.45) is 17.6 Å². The fourth-order valence-corrected chi connectivity index (χ4v) is 3.35. The van der Waals surface area contributed by atoms with E-state index in [0.717, 1.165) is 25.8 Å². The highest BCUT2D eigenvalue weighted by Crippen LogP contribution is 2.22. The topological polar surface area (TPSA) is 43.1 Å². The minimum atomic E-state index is 0.368. The van der Waals surface area contributed by atoms with Crippen molar-refractivity contribution in [1.29, 1.82) is 0 Å². The number of hydrogen-bond acceptors (Lipinski definition) is 3. The van der Waals surface area contributed by atoms with E-state index in [0.29, 0.717) is 30.5 Å². The number of rotatable bonds is 9. The zero-order valence-electron chi connectivity index (χ0n) is 12.4. The van der Waals surface area contributed by atoms with E-state index in [1.54, 1.807) is 11.3 Å². The van der Waals surface area contributed by atoms with Crippen LogP contribution in [0.3, 0.4) is 0 Å². The maximum Gasteiger partial charge on any atom is 0.138 e. The molecule has 3 heteroatoms. The average molecular weight is 281 g/mol. The van der Waals surface area contributed by atoms with Crippen LogP contribution >= 0.6 is 11.3 Å². The molecule has 0 aliphatic carbocycles. The Hall–Kier alpha value is -0.670. The van der Waals surface area contributed by atoms with Gasteiger partial charge >= 0.3 is 0 Å². The van der Waals surface area contributed by atoms with E-state index in [9.17, 15) is 4.79 Å². The summed E-state index contributed by atoms with van der Waals surface area (Å²) in [5.74, 6) is 1.57. The monoisotopic (exact) mass is 281 g/mol. The third-order valence-electron chi connectivity index (χ3n) is 3.71. The molecule has 1 atom stereocenters. The van der Waals surface area contributed by atoms with Crippen molar-refractivity contribution in [1.82, 2.24) is 0 Å². The van der Waals surface area contributed by atoms with Crippen LogP contribution in [0.25, 0.3) is 0 Å². The first kappa shape index (κ1) is 16.4. The van der Waals surface area contributed by atoms with E-state index in [1.165, 1.54) is 9.75 Å². The summed E-state index contributed by atoms with van der Waals surface area (Å²) in [6.45, 7) is 7.31. The van der Waals surface area contributed by atoms with Gasteiger partial charge in [-0.3, -0.25) is 4.79 Å². The lowest BCUT2D eigenvalue weighted by Crippen LogP contribution is -2.16. The van der Waals surface area contributed by atoms with Crippen LogP contribution in [-0.2, 0) is 17.6 Å². The van der Waals surface area contributed by atoms with Gasteiger partial charge in [0.15, 0.2) is 0 Å². The number of thiophene rings is 1. The Bertz CT molecular complexity index is 384. The Morgan fingerprint density at radius 1 is 1.26 bits per heavy atom. The molecule has 1 aromatic rings. The summed E-state index contributed by atoms with van der Waals surface area (Å²) in [6, 6.07) is 4.24. The number of nitrogens with two attached hydrogens (primary N) is 1. The van der Waals surface area contributed by atoms with Crippen LogP contribution in [0, 0.1) is 11.8 Å². The number of ketones is 1. The van der Waals surface area contributed by atoms with E-state index in [4.69, 9.17) is 5.73 Å². The summed E-state index contributed by atoms with van der Waals surface area (Å²) in [7, 11) is 0. The number of hydrogen-bond donors (Lipinski definition) is 1. The second-order valence-electron chi connectivity index (χ2n) is 5.56. The Kier molecular flexibility index (Phi) is 7.32. The molecule has 0 aromatic carbocycles. The molecule has 0 aliphatic heterocycles. The average Bonchev–Trinajstić information content (AvgIpc) is 2.81. The molecule has 0 spiro atoms. The second kappa shape index (κ2) is 8.49. The van der Waals surface area contributed by atoms with Crippen molar-refractivity contribution in [3.63, 3.8) is 0 Å². The highest BCUT2D eigenvalue weighted by molar-refractivity contribution is 7.12.